The van der Waals surface area contributed by atoms with Crippen LogP contribution in [0.15, 0.2) is 54.6 Å². The van der Waals surface area contributed by atoms with Crippen LogP contribution in [-0.4, -0.2) is 43.6 Å². The number of rotatable bonds is 10. The van der Waals surface area contributed by atoms with Crippen LogP contribution in [0, 0.1) is 17.2 Å². The molecule has 0 bridgehead atoms. The van der Waals surface area contributed by atoms with Crippen molar-refractivity contribution >= 4 is 11.6 Å². The minimum Gasteiger partial charge on any atom is -0.494 e. The number of hydrogen-bond donors (Lipinski definition) is 2. The number of nitrogens with one attached hydrogen (secondary N) is 1. The van der Waals surface area contributed by atoms with Crippen LogP contribution >= 0.6 is 0 Å². The largest absolute Gasteiger partial charge is 0.494 e. The van der Waals surface area contributed by atoms with Crippen LogP contribution in [0.4, 0.5) is 5.69 Å². The number of nitrogens with two attached hydrogens (primary N) is 1. The summed E-state index contributed by atoms with van der Waals surface area (Å²) in [6.07, 6.45) is 5.31. The molecular weight excluding hydrogens is 396 g/mol. The summed E-state index contributed by atoms with van der Waals surface area (Å²) in [5, 5.41) is 8.93. The maximum Gasteiger partial charge on any atom is 0.198 e. The SMILES string of the molecule is CC(C)CCOc1ccc(N(CCCN)C(=N)N2CCC(Cc3ccccc3)CC2)cc1. The Morgan fingerprint density at radius 2 is 1.78 bits per heavy atom. The molecule has 3 rings (SSSR count). The highest BCUT2D eigenvalue weighted by atomic mass is 16.5. The molecule has 0 aromatic heterocycles. The third-order valence-corrected chi connectivity index (χ3v) is 6.24. The topological polar surface area (TPSA) is 65.6 Å². The summed E-state index contributed by atoms with van der Waals surface area (Å²) >= 11 is 0. The molecule has 0 radical (unpaired) electrons. The summed E-state index contributed by atoms with van der Waals surface area (Å²) in [4.78, 5) is 4.33. The second-order valence-electron chi connectivity index (χ2n) is 9.26. The van der Waals surface area contributed by atoms with Gasteiger partial charge in [-0.15, -0.1) is 0 Å². The quantitative estimate of drug-likeness (QED) is 0.399. The van der Waals surface area contributed by atoms with E-state index in [1.54, 1.807) is 0 Å². The fraction of sp³-hybridized carbons (Fsp3) is 0.519. The lowest BCUT2D eigenvalue weighted by Crippen LogP contribution is -2.48. The van der Waals surface area contributed by atoms with E-state index in [1.807, 2.05) is 12.1 Å². The van der Waals surface area contributed by atoms with Crippen molar-refractivity contribution in [1.29, 1.82) is 5.41 Å². The second kappa shape index (κ2) is 12.5. The van der Waals surface area contributed by atoms with Gasteiger partial charge in [-0.05, 0) is 80.3 Å². The number of hydrogen-bond acceptors (Lipinski definition) is 3. The molecule has 2 aromatic carbocycles. The van der Waals surface area contributed by atoms with Gasteiger partial charge in [0, 0.05) is 25.3 Å². The van der Waals surface area contributed by atoms with Crippen molar-refractivity contribution in [2.24, 2.45) is 17.6 Å². The Hall–Kier alpha value is -2.53. The molecule has 1 aliphatic rings. The lowest BCUT2D eigenvalue weighted by Gasteiger charge is -2.38. The highest BCUT2D eigenvalue weighted by Gasteiger charge is 2.24. The highest BCUT2D eigenvalue weighted by molar-refractivity contribution is 5.93. The Kier molecular flexibility index (Phi) is 9.42. The first kappa shape index (κ1) is 24.1. The molecule has 0 unspecified atom stereocenters. The molecule has 0 atom stereocenters. The zero-order chi connectivity index (χ0) is 22.8. The van der Waals surface area contributed by atoms with Crippen molar-refractivity contribution in [2.75, 3.05) is 37.7 Å². The van der Waals surface area contributed by atoms with Gasteiger partial charge in [0.05, 0.1) is 6.61 Å². The van der Waals surface area contributed by atoms with Crippen LogP contribution < -0.4 is 15.4 Å². The van der Waals surface area contributed by atoms with Crippen LogP contribution in [0.2, 0.25) is 0 Å². The van der Waals surface area contributed by atoms with Crippen molar-refractivity contribution < 1.29 is 4.74 Å². The third kappa shape index (κ3) is 7.27. The normalized spacial score (nSPS) is 14.6. The molecule has 0 amide bonds. The van der Waals surface area contributed by atoms with E-state index in [4.69, 9.17) is 15.9 Å². The minimum absolute atomic E-state index is 0.588. The molecule has 1 aliphatic heterocycles. The van der Waals surface area contributed by atoms with E-state index in [1.165, 1.54) is 5.56 Å². The van der Waals surface area contributed by atoms with Gasteiger partial charge in [0.2, 0.25) is 0 Å². The van der Waals surface area contributed by atoms with Gasteiger partial charge in [0.15, 0.2) is 5.96 Å². The summed E-state index contributed by atoms with van der Waals surface area (Å²) in [5.74, 6) is 2.81. The van der Waals surface area contributed by atoms with Gasteiger partial charge in [-0.1, -0.05) is 44.2 Å². The number of ether oxygens (including phenoxy) is 1. The zero-order valence-corrected chi connectivity index (χ0v) is 19.8. The average molecular weight is 437 g/mol. The molecule has 0 saturated carbocycles. The van der Waals surface area contributed by atoms with E-state index in [0.29, 0.717) is 24.3 Å². The fourth-order valence-electron chi connectivity index (χ4n) is 4.21. The van der Waals surface area contributed by atoms with Crippen molar-refractivity contribution in [1.82, 2.24) is 4.90 Å². The van der Waals surface area contributed by atoms with Crippen LogP contribution in [0.1, 0.15) is 45.1 Å². The van der Waals surface area contributed by atoms with E-state index in [-0.39, 0.29) is 0 Å². The number of piperidine rings is 1. The Morgan fingerprint density at radius 3 is 2.41 bits per heavy atom. The Bertz CT molecular complexity index is 798. The number of anilines is 1. The van der Waals surface area contributed by atoms with E-state index in [9.17, 15) is 0 Å². The Balaban J connectivity index is 1.57. The molecule has 0 aliphatic carbocycles. The van der Waals surface area contributed by atoms with Gasteiger partial charge >= 0.3 is 0 Å². The van der Waals surface area contributed by atoms with E-state index < -0.39 is 0 Å². The molecule has 1 heterocycles. The van der Waals surface area contributed by atoms with Crippen molar-refractivity contribution in [2.45, 2.75) is 46.0 Å². The molecule has 0 spiro atoms. The van der Waals surface area contributed by atoms with Crippen LogP contribution in [0.5, 0.6) is 5.75 Å². The predicted octanol–water partition coefficient (Wildman–Crippen LogP) is 5.16. The molecule has 1 fully saturated rings. The van der Waals surface area contributed by atoms with E-state index in [0.717, 1.165) is 69.8 Å². The number of nitrogens with zero attached hydrogens (tertiary/aromatic N) is 2. The first-order valence-electron chi connectivity index (χ1n) is 12.1. The van der Waals surface area contributed by atoms with E-state index in [2.05, 4.69) is 66.1 Å². The van der Waals surface area contributed by atoms with Gasteiger partial charge in [-0.3, -0.25) is 5.41 Å². The standard InChI is InChI=1S/C27H40N4O/c1-22(2)15-20-32-26-11-9-25(10-12-26)31(17-6-16-28)27(29)30-18-13-24(14-19-30)21-23-7-4-3-5-8-23/h3-5,7-12,22,24,29H,6,13-21,28H2,1-2H3. The third-order valence-electron chi connectivity index (χ3n) is 6.24. The molecule has 2 aromatic rings. The van der Waals surface area contributed by atoms with Crippen LogP contribution in [0.25, 0.3) is 0 Å². The summed E-state index contributed by atoms with van der Waals surface area (Å²) in [6, 6.07) is 18.9. The van der Waals surface area contributed by atoms with E-state index >= 15 is 0 Å². The van der Waals surface area contributed by atoms with Crippen LogP contribution in [0.3, 0.4) is 0 Å². The minimum atomic E-state index is 0.588. The number of likely N-dealkylation sites (tertiary alicyclic amines) is 1. The van der Waals surface area contributed by atoms with Gasteiger partial charge in [-0.25, -0.2) is 0 Å². The average Bonchev–Trinajstić information content (AvgIpc) is 2.81. The van der Waals surface area contributed by atoms with Crippen molar-refractivity contribution in [3.63, 3.8) is 0 Å². The first-order chi connectivity index (χ1) is 15.6. The van der Waals surface area contributed by atoms with Gasteiger partial charge in [0.25, 0.3) is 0 Å². The summed E-state index contributed by atoms with van der Waals surface area (Å²) in [5.41, 5.74) is 8.25. The first-order valence-corrected chi connectivity index (χ1v) is 12.1. The fourth-order valence-corrected chi connectivity index (χ4v) is 4.21. The molecule has 1 saturated heterocycles. The highest BCUT2D eigenvalue weighted by Crippen LogP contribution is 2.25. The lowest BCUT2D eigenvalue weighted by molar-refractivity contribution is 0.261. The molecule has 32 heavy (non-hydrogen) atoms. The molecule has 5 heteroatoms. The molecule has 174 valence electrons. The van der Waals surface area contributed by atoms with Crippen molar-refractivity contribution in [3.8, 4) is 5.75 Å². The summed E-state index contributed by atoms with van der Waals surface area (Å²) in [6.45, 7) is 8.40. The van der Waals surface area contributed by atoms with Crippen molar-refractivity contribution in [3.05, 3.63) is 60.2 Å². The second-order valence-corrected chi connectivity index (χ2v) is 9.26. The Labute approximate surface area is 194 Å². The summed E-state index contributed by atoms with van der Waals surface area (Å²) < 4.78 is 5.87. The monoisotopic (exact) mass is 436 g/mol. The maximum atomic E-state index is 8.93. The number of benzene rings is 2. The molecule has 3 N–H and O–H groups in total. The van der Waals surface area contributed by atoms with Gasteiger partial charge < -0.3 is 20.3 Å². The Morgan fingerprint density at radius 1 is 1.09 bits per heavy atom. The zero-order valence-electron chi connectivity index (χ0n) is 19.8. The predicted molar refractivity (Wildman–Crippen MR) is 135 cm³/mol. The summed E-state index contributed by atoms with van der Waals surface area (Å²) in [7, 11) is 0. The van der Waals surface area contributed by atoms with Gasteiger partial charge in [0.1, 0.15) is 5.75 Å². The van der Waals surface area contributed by atoms with Gasteiger partial charge in [-0.2, -0.15) is 0 Å². The maximum absolute atomic E-state index is 8.93. The molecule has 5 nitrogen and oxygen atoms in total. The lowest BCUT2D eigenvalue weighted by atomic mass is 9.90. The number of guanidine groups is 1. The molecular formula is C27H40N4O. The van der Waals surface area contributed by atoms with Crippen LogP contribution in [-0.2, 0) is 6.42 Å². The smallest absolute Gasteiger partial charge is 0.198 e.